The molecule has 8 heteroatoms. The van der Waals surface area contributed by atoms with Crippen LogP contribution in [-0.4, -0.2) is 30.2 Å². The van der Waals surface area contributed by atoms with Crippen LogP contribution >= 0.6 is 11.6 Å². The van der Waals surface area contributed by atoms with Gasteiger partial charge in [-0.1, -0.05) is 18.7 Å². The molecule has 1 aliphatic carbocycles. The molecule has 0 fully saturated rings. The van der Waals surface area contributed by atoms with Crippen LogP contribution < -0.4 is 4.90 Å². The summed E-state index contributed by atoms with van der Waals surface area (Å²) < 4.78 is 33.5. The quantitative estimate of drug-likeness (QED) is 0.151. The molecule has 5 nitrogen and oxygen atoms in total. The van der Waals surface area contributed by atoms with Crippen molar-refractivity contribution in [3.8, 4) is 6.07 Å². The molecule has 1 aromatic carbocycles. The largest absolute Gasteiger partial charge is 0.492 e. The zero-order chi connectivity index (χ0) is 24.0. The number of rotatable bonds is 9. The van der Waals surface area contributed by atoms with Crippen molar-refractivity contribution < 1.29 is 13.5 Å². The molecule has 0 bridgehead atoms. The maximum absolute atomic E-state index is 14.4. The van der Waals surface area contributed by atoms with E-state index in [0.29, 0.717) is 60.8 Å². The summed E-state index contributed by atoms with van der Waals surface area (Å²) in [6.07, 6.45) is 6.89. The molecule has 0 N–H and O–H groups in total. The van der Waals surface area contributed by atoms with Crippen LogP contribution in [0.3, 0.4) is 0 Å². The molecule has 1 atom stereocenters. The van der Waals surface area contributed by atoms with E-state index in [1.54, 1.807) is 18.2 Å². The number of nitrogens with zero attached hydrogens (tertiary/aromatic N) is 4. The van der Waals surface area contributed by atoms with Gasteiger partial charge in [0.2, 0.25) is 5.28 Å². The molecule has 0 saturated carbocycles. The Balaban J connectivity index is 1.71. The van der Waals surface area contributed by atoms with Gasteiger partial charge in [-0.05, 0) is 61.6 Å². The Morgan fingerprint density at radius 3 is 2.85 bits per heavy atom. The smallest absolute Gasteiger partial charge is 0.224 e. The summed E-state index contributed by atoms with van der Waals surface area (Å²) in [4.78, 5) is 10.8. The predicted octanol–water partition coefficient (Wildman–Crippen LogP) is 5.87. The molecule has 172 valence electrons. The first-order valence-electron chi connectivity index (χ1n) is 10.6. The van der Waals surface area contributed by atoms with Gasteiger partial charge in [0.25, 0.3) is 0 Å². The number of nitriles is 1. The molecule has 0 radical (unpaired) electrons. The number of halogens is 3. The number of anilines is 1. The summed E-state index contributed by atoms with van der Waals surface area (Å²) in [6.45, 7) is 6.45. The maximum Gasteiger partial charge on any atom is 0.224 e. The SMILES string of the molecule is C=C/C=C(C#N)\C(=C/C)OCCCN(C)c1nc(Cl)nc2c1CCC2c1ccc(F)cc1F. The first kappa shape index (κ1) is 24.4. The van der Waals surface area contributed by atoms with Crippen LogP contribution in [0, 0.1) is 23.0 Å². The molecule has 0 aliphatic heterocycles. The topological polar surface area (TPSA) is 62.0 Å². The van der Waals surface area contributed by atoms with Crippen molar-refractivity contribution in [1.82, 2.24) is 9.97 Å². The van der Waals surface area contributed by atoms with Crippen LogP contribution in [0.4, 0.5) is 14.6 Å². The number of hydrogen-bond acceptors (Lipinski definition) is 5. The highest BCUT2D eigenvalue weighted by atomic mass is 35.5. The first-order valence-corrected chi connectivity index (χ1v) is 11.0. The van der Waals surface area contributed by atoms with Crippen molar-refractivity contribution in [2.75, 3.05) is 25.1 Å². The van der Waals surface area contributed by atoms with Gasteiger partial charge >= 0.3 is 0 Å². The summed E-state index contributed by atoms with van der Waals surface area (Å²) in [6, 6.07) is 5.71. The van der Waals surface area contributed by atoms with Crippen LogP contribution in [0.1, 0.15) is 42.5 Å². The lowest BCUT2D eigenvalue weighted by Crippen LogP contribution is -2.23. The molecule has 1 unspecified atom stereocenters. The normalized spacial score (nSPS) is 15.7. The maximum atomic E-state index is 14.4. The zero-order valence-corrected chi connectivity index (χ0v) is 19.4. The average molecular weight is 471 g/mol. The van der Waals surface area contributed by atoms with E-state index in [1.807, 2.05) is 18.9 Å². The highest BCUT2D eigenvalue weighted by molar-refractivity contribution is 6.28. The van der Waals surface area contributed by atoms with Crippen molar-refractivity contribution in [2.45, 2.75) is 32.1 Å². The van der Waals surface area contributed by atoms with Gasteiger partial charge in [0, 0.05) is 31.1 Å². The minimum Gasteiger partial charge on any atom is -0.492 e. The van der Waals surface area contributed by atoms with Gasteiger partial charge in [0.05, 0.1) is 17.9 Å². The van der Waals surface area contributed by atoms with Gasteiger partial charge in [-0.25, -0.2) is 18.7 Å². The van der Waals surface area contributed by atoms with Crippen LogP contribution in [0.2, 0.25) is 5.28 Å². The second-order valence-electron chi connectivity index (χ2n) is 7.64. The number of ether oxygens (including phenoxy) is 1. The molecule has 0 spiro atoms. The summed E-state index contributed by atoms with van der Waals surface area (Å²) in [5.41, 5.74) is 2.43. The molecule has 0 saturated heterocycles. The summed E-state index contributed by atoms with van der Waals surface area (Å²) in [7, 11) is 1.90. The van der Waals surface area contributed by atoms with Crippen molar-refractivity contribution in [1.29, 1.82) is 5.26 Å². The van der Waals surface area contributed by atoms with Gasteiger partial charge in [0.1, 0.15) is 29.3 Å². The van der Waals surface area contributed by atoms with Crippen molar-refractivity contribution in [3.63, 3.8) is 0 Å². The monoisotopic (exact) mass is 470 g/mol. The lowest BCUT2D eigenvalue weighted by Gasteiger charge is -2.22. The fourth-order valence-electron chi connectivity index (χ4n) is 4.02. The van der Waals surface area contributed by atoms with Gasteiger partial charge in [-0.15, -0.1) is 0 Å². The molecule has 1 aromatic heterocycles. The molecule has 1 aliphatic rings. The van der Waals surface area contributed by atoms with Crippen LogP contribution in [0.15, 0.2) is 54.3 Å². The Morgan fingerprint density at radius 2 is 2.18 bits per heavy atom. The van der Waals surface area contributed by atoms with E-state index in [1.165, 1.54) is 12.1 Å². The van der Waals surface area contributed by atoms with Crippen LogP contribution in [0.25, 0.3) is 0 Å². The van der Waals surface area contributed by atoms with E-state index >= 15 is 0 Å². The molecular formula is C25H25ClF2N4O. The van der Waals surface area contributed by atoms with Crippen molar-refractivity contribution in [2.24, 2.45) is 0 Å². The van der Waals surface area contributed by atoms with Gasteiger partial charge < -0.3 is 9.64 Å². The minimum absolute atomic E-state index is 0.0886. The minimum atomic E-state index is -0.610. The standard InChI is InChI=1S/C25H25ClF2N4O/c1-4-7-16(15-29)22(5-2)33-13-6-12-32(3)24-20-11-10-19(23(20)30-25(26)31-24)18-9-8-17(27)14-21(18)28/h4-5,7-9,14,19H,1,6,10-13H2,2-3H3/b16-7-,22-5+. The van der Waals surface area contributed by atoms with Crippen molar-refractivity contribution >= 4 is 17.4 Å². The van der Waals surface area contributed by atoms with Crippen LogP contribution in [0.5, 0.6) is 0 Å². The van der Waals surface area contributed by atoms with E-state index in [0.717, 1.165) is 11.6 Å². The number of benzene rings is 1. The Hall–Kier alpha value is -3.24. The number of fused-ring (bicyclic) bond motifs is 1. The number of hydrogen-bond donors (Lipinski definition) is 0. The van der Waals surface area contributed by atoms with Gasteiger partial charge in [-0.2, -0.15) is 5.26 Å². The fraction of sp³-hybridized carbons (Fsp3) is 0.320. The van der Waals surface area contributed by atoms with Gasteiger partial charge in [-0.3, -0.25) is 0 Å². The first-order chi connectivity index (χ1) is 15.9. The zero-order valence-electron chi connectivity index (χ0n) is 18.6. The van der Waals surface area contributed by atoms with Gasteiger partial charge in [0.15, 0.2) is 0 Å². The van der Waals surface area contributed by atoms with E-state index in [-0.39, 0.29) is 11.2 Å². The third kappa shape index (κ3) is 5.58. The lowest BCUT2D eigenvalue weighted by molar-refractivity contribution is 0.218. The Kier molecular flexibility index (Phi) is 8.18. The Bertz CT molecular complexity index is 1140. The highest BCUT2D eigenvalue weighted by Gasteiger charge is 2.32. The van der Waals surface area contributed by atoms with E-state index in [2.05, 4.69) is 22.6 Å². The van der Waals surface area contributed by atoms with E-state index in [9.17, 15) is 14.0 Å². The second-order valence-corrected chi connectivity index (χ2v) is 7.98. The number of aromatic nitrogens is 2. The third-order valence-electron chi connectivity index (χ3n) is 5.53. The second kappa shape index (κ2) is 11.1. The predicted molar refractivity (Wildman–Crippen MR) is 125 cm³/mol. The Labute approximate surface area is 197 Å². The molecule has 33 heavy (non-hydrogen) atoms. The van der Waals surface area contributed by atoms with E-state index in [4.69, 9.17) is 16.3 Å². The number of allylic oxidation sites excluding steroid dienone is 4. The summed E-state index contributed by atoms with van der Waals surface area (Å²) >= 11 is 6.21. The molecule has 1 heterocycles. The molecule has 3 rings (SSSR count). The Morgan fingerprint density at radius 1 is 1.39 bits per heavy atom. The summed E-state index contributed by atoms with van der Waals surface area (Å²) in [5, 5.41) is 9.33. The lowest BCUT2D eigenvalue weighted by atomic mass is 9.96. The van der Waals surface area contributed by atoms with Crippen LogP contribution in [-0.2, 0) is 11.2 Å². The highest BCUT2D eigenvalue weighted by Crippen LogP contribution is 2.41. The fourth-order valence-corrected chi connectivity index (χ4v) is 4.19. The molecular weight excluding hydrogens is 446 g/mol. The summed E-state index contributed by atoms with van der Waals surface area (Å²) in [5.74, 6) is -0.284. The molecule has 0 amide bonds. The van der Waals surface area contributed by atoms with Crippen molar-refractivity contribution in [3.05, 3.63) is 88.1 Å². The third-order valence-corrected chi connectivity index (χ3v) is 5.70. The average Bonchev–Trinajstić information content (AvgIpc) is 3.20. The van der Waals surface area contributed by atoms with E-state index < -0.39 is 11.6 Å². The molecule has 2 aromatic rings.